The van der Waals surface area contributed by atoms with E-state index < -0.39 is 12.1 Å². The summed E-state index contributed by atoms with van der Waals surface area (Å²) in [6.07, 6.45) is 7.99. The van der Waals surface area contributed by atoms with E-state index in [1.165, 1.54) is 25.7 Å². The molecule has 0 aromatic carbocycles. The first-order chi connectivity index (χ1) is 17.8. The number of carbonyl (C=O) groups excluding carboxylic acids is 1. The summed E-state index contributed by atoms with van der Waals surface area (Å²) in [5.74, 6) is -2.81. The quantitative estimate of drug-likeness (QED) is 0.381. The molecule has 11 heteroatoms. The van der Waals surface area contributed by atoms with Gasteiger partial charge in [-0.3, -0.25) is 14.5 Å². The number of hydrogen-bond donors (Lipinski definition) is 2. The lowest BCUT2D eigenvalue weighted by atomic mass is 10.2. The van der Waals surface area contributed by atoms with E-state index in [1.807, 2.05) is 55.0 Å². The number of amides is 1. The van der Waals surface area contributed by atoms with E-state index in [9.17, 15) is 18.0 Å². The summed E-state index contributed by atoms with van der Waals surface area (Å²) in [6.45, 7) is 0.573. The second-order valence-electron chi connectivity index (χ2n) is 8.67. The Balaban J connectivity index is 0.000000405. The lowest BCUT2D eigenvalue weighted by Crippen LogP contribution is -2.25. The van der Waals surface area contributed by atoms with Gasteiger partial charge in [0.2, 0.25) is 0 Å². The normalized spacial score (nSPS) is 13.8. The minimum absolute atomic E-state index is 0.0548. The van der Waals surface area contributed by atoms with Crippen LogP contribution in [0, 0.1) is 0 Å². The predicted octanol–water partition coefficient (Wildman–Crippen LogP) is 4.92. The molecule has 8 nitrogen and oxygen atoms in total. The number of nitrogens with zero attached hydrogens (tertiary/aromatic N) is 4. The largest absolute Gasteiger partial charge is 0.490 e. The number of halogens is 3. The highest BCUT2D eigenvalue weighted by Crippen LogP contribution is 2.34. The van der Waals surface area contributed by atoms with Crippen LogP contribution in [0.5, 0.6) is 0 Å². The highest BCUT2D eigenvalue weighted by atomic mass is 19.4. The van der Waals surface area contributed by atoms with E-state index in [1.54, 1.807) is 6.20 Å². The minimum Gasteiger partial charge on any atom is -0.475 e. The van der Waals surface area contributed by atoms with Gasteiger partial charge < -0.3 is 14.8 Å². The Kier molecular flexibility index (Phi) is 7.90. The Labute approximate surface area is 210 Å². The van der Waals surface area contributed by atoms with E-state index in [4.69, 9.17) is 9.90 Å². The molecule has 1 saturated carbocycles. The molecule has 4 aromatic heterocycles. The van der Waals surface area contributed by atoms with Gasteiger partial charge in [-0.2, -0.15) is 18.3 Å². The highest BCUT2D eigenvalue weighted by molar-refractivity contribution is 6.02. The van der Waals surface area contributed by atoms with Gasteiger partial charge in [-0.1, -0.05) is 25.0 Å². The molecule has 0 aliphatic heterocycles. The molecular weight excluding hydrogens is 487 g/mol. The van der Waals surface area contributed by atoms with Crippen molar-refractivity contribution in [2.75, 3.05) is 6.54 Å². The van der Waals surface area contributed by atoms with Crippen molar-refractivity contribution in [1.82, 2.24) is 24.5 Å². The maximum absolute atomic E-state index is 13.0. The third-order valence-electron chi connectivity index (χ3n) is 6.19. The van der Waals surface area contributed by atoms with Gasteiger partial charge >= 0.3 is 12.1 Å². The zero-order chi connectivity index (χ0) is 26.4. The van der Waals surface area contributed by atoms with Crippen LogP contribution in [0.3, 0.4) is 0 Å². The number of fused-ring (bicyclic) bond motifs is 1. The minimum atomic E-state index is -5.08. The molecule has 0 saturated heterocycles. The summed E-state index contributed by atoms with van der Waals surface area (Å²) in [6, 6.07) is 14.4. The summed E-state index contributed by atoms with van der Waals surface area (Å²) in [5.41, 5.74) is 4.78. The van der Waals surface area contributed by atoms with Crippen molar-refractivity contribution in [1.29, 1.82) is 0 Å². The van der Waals surface area contributed by atoms with Gasteiger partial charge in [0.25, 0.3) is 5.91 Å². The Morgan fingerprint density at radius 2 is 1.81 bits per heavy atom. The summed E-state index contributed by atoms with van der Waals surface area (Å²) < 4.78 is 36.0. The second-order valence-corrected chi connectivity index (χ2v) is 8.67. The van der Waals surface area contributed by atoms with Crippen LogP contribution in [-0.2, 0) is 11.2 Å². The van der Waals surface area contributed by atoms with Crippen LogP contribution in [0.15, 0.2) is 67.3 Å². The lowest BCUT2D eigenvalue weighted by molar-refractivity contribution is -0.192. The molecule has 0 atom stereocenters. The van der Waals surface area contributed by atoms with Crippen LogP contribution in [0.2, 0.25) is 0 Å². The monoisotopic (exact) mass is 513 g/mol. The van der Waals surface area contributed by atoms with Crippen molar-refractivity contribution in [2.24, 2.45) is 0 Å². The molecule has 1 fully saturated rings. The molecule has 4 aromatic rings. The van der Waals surface area contributed by atoms with Gasteiger partial charge in [0.05, 0.1) is 28.5 Å². The first-order valence-electron chi connectivity index (χ1n) is 11.9. The lowest BCUT2D eigenvalue weighted by Gasteiger charge is -2.14. The van der Waals surface area contributed by atoms with E-state index in [0.29, 0.717) is 18.2 Å². The van der Waals surface area contributed by atoms with Crippen molar-refractivity contribution in [3.8, 4) is 11.4 Å². The molecule has 1 amide bonds. The number of hydrogen-bond acceptors (Lipinski definition) is 4. The van der Waals surface area contributed by atoms with Crippen LogP contribution in [0.4, 0.5) is 13.2 Å². The van der Waals surface area contributed by atoms with E-state index in [2.05, 4.69) is 30.5 Å². The summed E-state index contributed by atoms with van der Waals surface area (Å²) in [4.78, 5) is 26.0. The van der Waals surface area contributed by atoms with Crippen LogP contribution in [-0.4, -0.2) is 48.9 Å². The van der Waals surface area contributed by atoms with Crippen molar-refractivity contribution >= 4 is 17.4 Å². The molecule has 4 heterocycles. The molecule has 0 bridgehead atoms. The SMILES string of the molecule is O=C(NCCc1cccnc1)c1cc(-c2ccnn2C2CCCC2)n2ccccc12.O=C(O)C(F)(F)F. The molecule has 0 spiro atoms. The smallest absolute Gasteiger partial charge is 0.475 e. The summed E-state index contributed by atoms with van der Waals surface area (Å²) >= 11 is 0. The first kappa shape index (κ1) is 25.9. The second kappa shape index (κ2) is 11.3. The highest BCUT2D eigenvalue weighted by Gasteiger charge is 2.38. The maximum Gasteiger partial charge on any atom is 0.490 e. The van der Waals surface area contributed by atoms with Crippen molar-refractivity contribution in [3.63, 3.8) is 0 Å². The number of carboxylic acid groups (broad SMARTS) is 1. The van der Waals surface area contributed by atoms with Crippen LogP contribution in [0.1, 0.15) is 47.6 Å². The molecule has 1 aliphatic carbocycles. The van der Waals surface area contributed by atoms with Crippen molar-refractivity contribution < 1.29 is 27.9 Å². The average Bonchev–Trinajstić information content (AvgIpc) is 3.63. The van der Waals surface area contributed by atoms with E-state index in [0.717, 1.165) is 28.9 Å². The fraction of sp³-hybridized carbons (Fsp3) is 0.308. The third kappa shape index (κ3) is 6.16. The molecule has 194 valence electrons. The van der Waals surface area contributed by atoms with Crippen LogP contribution >= 0.6 is 0 Å². The van der Waals surface area contributed by atoms with Crippen molar-refractivity contribution in [3.05, 3.63) is 78.4 Å². The fourth-order valence-electron chi connectivity index (χ4n) is 4.45. The van der Waals surface area contributed by atoms with Gasteiger partial charge in [0.1, 0.15) is 0 Å². The van der Waals surface area contributed by atoms with E-state index in [-0.39, 0.29) is 5.91 Å². The van der Waals surface area contributed by atoms with Gasteiger partial charge in [-0.25, -0.2) is 4.79 Å². The number of rotatable bonds is 6. The van der Waals surface area contributed by atoms with Gasteiger partial charge in [-0.15, -0.1) is 0 Å². The Hall–Kier alpha value is -4.15. The number of carbonyl (C=O) groups is 2. The van der Waals surface area contributed by atoms with Crippen LogP contribution < -0.4 is 5.32 Å². The van der Waals surface area contributed by atoms with Crippen molar-refractivity contribution in [2.45, 2.75) is 44.3 Å². The molecule has 5 rings (SSSR count). The first-order valence-corrected chi connectivity index (χ1v) is 11.9. The summed E-state index contributed by atoms with van der Waals surface area (Å²) in [5, 5.41) is 14.8. The predicted molar refractivity (Wildman–Crippen MR) is 130 cm³/mol. The Morgan fingerprint density at radius 1 is 1.05 bits per heavy atom. The number of nitrogens with one attached hydrogen (secondary N) is 1. The summed E-state index contributed by atoms with van der Waals surface area (Å²) in [7, 11) is 0. The topological polar surface area (TPSA) is 102 Å². The molecule has 1 aliphatic rings. The molecular formula is C26H26F3N5O3. The average molecular weight is 514 g/mol. The third-order valence-corrected chi connectivity index (χ3v) is 6.19. The van der Waals surface area contributed by atoms with Crippen LogP contribution in [0.25, 0.3) is 16.9 Å². The fourth-order valence-corrected chi connectivity index (χ4v) is 4.45. The van der Waals surface area contributed by atoms with Gasteiger partial charge in [-0.05, 0) is 55.2 Å². The van der Waals surface area contributed by atoms with Gasteiger partial charge in [0.15, 0.2) is 0 Å². The number of pyridine rings is 2. The molecule has 2 N–H and O–H groups in total. The molecule has 0 radical (unpaired) electrons. The van der Waals surface area contributed by atoms with E-state index >= 15 is 0 Å². The standard InChI is InChI=1S/C24H25N5O.C2HF3O2/c30-24(26-13-10-18-6-5-12-25-17-18)20-16-23(28-15-4-3-9-21(20)28)22-11-14-27-29(22)19-7-1-2-8-19;3-2(4,5)1(6)7/h3-6,9,11-12,14-17,19H,1-2,7-8,10,13H2,(H,26,30);(H,6,7). The zero-order valence-electron chi connectivity index (χ0n) is 19.9. The molecule has 0 unspecified atom stereocenters. The maximum atomic E-state index is 13.0. The number of carboxylic acids is 1. The number of aliphatic carboxylic acids is 1. The Morgan fingerprint density at radius 3 is 2.49 bits per heavy atom. The zero-order valence-corrected chi connectivity index (χ0v) is 19.9. The van der Waals surface area contributed by atoms with Gasteiger partial charge in [0, 0.05) is 31.3 Å². The number of alkyl halides is 3. The number of aromatic nitrogens is 4. The molecule has 37 heavy (non-hydrogen) atoms. The Bertz CT molecular complexity index is 1360.